The molecule has 0 amide bonds. The van der Waals surface area contributed by atoms with Crippen LogP contribution in [0.4, 0.5) is 0 Å². The molecule has 0 radical (unpaired) electrons. The molecule has 0 heterocycles. The predicted octanol–water partition coefficient (Wildman–Crippen LogP) is 3.36. The standard InChI is InChI=1S/C17H30N2/c1-5-16(17-9-7-6-8-10-17)14-19(4)12-11-18-13-15(2)3/h6-10,15-16,18H,5,11-14H2,1-4H3. The van der Waals surface area contributed by atoms with Crippen molar-refractivity contribution in [1.82, 2.24) is 10.2 Å². The Morgan fingerprint density at radius 3 is 2.42 bits per heavy atom. The van der Waals surface area contributed by atoms with Gasteiger partial charge in [0.05, 0.1) is 0 Å². The van der Waals surface area contributed by atoms with Gasteiger partial charge in [0.25, 0.3) is 0 Å². The minimum atomic E-state index is 0.649. The highest BCUT2D eigenvalue weighted by atomic mass is 15.1. The monoisotopic (exact) mass is 262 g/mol. The second kappa shape index (κ2) is 9.11. The van der Waals surface area contributed by atoms with Gasteiger partial charge in [-0.2, -0.15) is 0 Å². The Labute approximate surface area is 119 Å². The second-order valence-corrected chi connectivity index (χ2v) is 5.88. The van der Waals surface area contributed by atoms with Gasteiger partial charge < -0.3 is 10.2 Å². The van der Waals surface area contributed by atoms with Crippen LogP contribution in [0, 0.1) is 5.92 Å². The van der Waals surface area contributed by atoms with Crippen LogP contribution in [0.5, 0.6) is 0 Å². The lowest BCUT2D eigenvalue weighted by Gasteiger charge is -2.24. The van der Waals surface area contributed by atoms with Gasteiger partial charge in [0.2, 0.25) is 0 Å². The fourth-order valence-corrected chi connectivity index (χ4v) is 2.32. The first-order chi connectivity index (χ1) is 9.13. The highest BCUT2D eigenvalue weighted by Gasteiger charge is 2.11. The van der Waals surface area contributed by atoms with E-state index in [1.54, 1.807) is 0 Å². The average Bonchev–Trinajstić information content (AvgIpc) is 2.41. The molecule has 0 saturated carbocycles. The third kappa shape index (κ3) is 6.74. The van der Waals surface area contributed by atoms with Gasteiger partial charge >= 0.3 is 0 Å². The van der Waals surface area contributed by atoms with Gasteiger partial charge in [0.15, 0.2) is 0 Å². The molecule has 0 aliphatic rings. The maximum absolute atomic E-state index is 3.51. The summed E-state index contributed by atoms with van der Waals surface area (Å²) >= 11 is 0. The molecule has 19 heavy (non-hydrogen) atoms. The number of nitrogens with zero attached hydrogens (tertiary/aromatic N) is 1. The minimum Gasteiger partial charge on any atom is -0.315 e. The maximum Gasteiger partial charge on any atom is 0.0104 e. The van der Waals surface area contributed by atoms with Gasteiger partial charge in [-0.15, -0.1) is 0 Å². The van der Waals surface area contributed by atoms with E-state index in [-0.39, 0.29) is 0 Å². The van der Waals surface area contributed by atoms with E-state index in [2.05, 4.69) is 68.4 Å². The molecule has 0 aliphatic carbocycles. The zero-order valence-electron chi connectivity index (χ0n) is 13.0. The summed E-state index contributed by atoms with van der Waals surface area (Å²) in [6, 6.07) is 10.9. The molecule has 1 unspecified atom stereocenters. The SMILES string of the molecule is CCC(CN(C)CCNCC(C)C)c1ccccc1. The first kappa shape index (κ1) is 16.2. The van der Waals surface area contributed by atoms with Crippen LogP contribution in [0.1, 0.15) is 38.7 Å². The molecule has 0 bridgehead atoms. The van der Waals surface area contributed by atoms with Crippen molar-refractivity contribution in [2.24, 2.45) is 5.92 Å². The Kier molecular flexibility index (Phi) is 7.76. The summed E-state index contributed by atoms with van der Waals surface area (Å²) in [5.74, 6) is 1.38. The van der Waals surface area contributed by atoms with Crippen molar-refractivity contribution in [1.29, 1.82) is 0 Å². The molecule has 1 rings (SSSR count). The molecule has 2 heteroatoms. The zero-order valence-corrected chi connectivity index (χ0v) is 13.0. The molecule has 2 nitrogen and oxygen atoms in total. The molecule has 1 atom stereocenters. The average molecular weight is 262 g/mol. The Morgan fingerprint density at radius 2 is 1.84 bits per heavy atom. The Balaban J connectivity index is 2.31. The van der Waals surface area contributed by atoms with Crippen molar-refractivity contribution in [2.75, 3.05) is 33.2 Å². The van der Waals surface area contributed by atoms with Crippen molar-refractivity contribution < 1.29 is 0 Å². The van der Waals surface area contributed by atoms with Crippen LogP contribution in [-0.4, -0.2) is 38.1 Å². The molecule has 1 N–H and O–H groups in total. The van der Waals surface area contributed by atoms with Crippen LogP contribution in [0.25, 0.3) is 0 Å². The Hall–Kier alpha value is -0.860. The summed E-state index contributed by atoms with van der Waals surface area (Å²) in [6.45, 7) is 11.2. The largest absolute Gasteiger partial charge is 0.315 e. The summed E-state index contributed by atoms with van der Waals surface area (Å²) in [5, 5.41) is 3.51. The van der Waals surface area contributed by atoms with Crippen LogP contribution < -0.4 is 5.32 Å². The smallest absolute Gasteiger partial charge is 0.0104 e. The van der Waals surface area contributed by atoms with E-state index in [0.29, 0.717) is 5.92 Å². The van der Waals surface area contributed by atoms with Crippen molar-refractivity contribution >= 4 is 0 Å². The van der Waals surface area contributed by atoms with E-state index in [1.165, 1.54) is 12.0 Å². The van der Waals surface area contributed by atoms with Crippen molar-refractivity contribution in [3.8, 4) is 0 Å². The fraction of sp³-hybridized carbons (Fsp3) is 0.647. The summed E-state index contributed by atoms with van der Waals surface area (Å²) in [4.78, 5) is 2.44. The number of benzene rings is 1. The molecule has 108 valence electrons. The first-order valence-corrected chi connectivity index (χ1v) is 7.57. The Morgan fingerprint density at radius 1 is 1.16 bits per heavy atom. The predicted molar refractivity (Wildman–Crippen MR) is 84.7 cm³/mol. The topological polar surface area (TPSA) is 15.3 Å². The lowest BCUT2D eigenvalue weighted by Crippen LogP contribution is -2.33. The molecule has 0 aromatic heterocycles. The van der Waals surface area contributed by atoms with Crippen molar-refractivity contribution in [3.63, 3.8) is 0 Å². The highest BCUT2D eigenvalue weighted by molar-refractivity contribution is 5.19. The molecular formula is C17H30N2. The van der Waals surface area contributed by atoms with Gasteiger partial charge in [0.1, 0.15) is 0 Å². The van der Waals surface area contributed by atoms with Gasteiger partial charge in [0, 0.05) is 19.6 Å². The Bertz CT molecular complexity index is 321. The lowest BCUT2D eigenvalue weighted by molar-refractivity contribution is 0.304. The van der Waals surface area contributed by atoms with E-state index in [9.17, 15) is 0 Å². The van der Waals surface area contributed by atoms with Crippen LogP contribution in [0.15, 0.2) is 30.3 Å². The molecule has 0 fully saturated rings. The number of rotatable bonds is 9. The summed E-state index contributed by atoms with van der Waals surface area (Å²) in [5.41, 5.74) is 1.46. The second-order valence-electron chi connectivity index (χ2n) is 5.88. The number of hydrogen-bond donors (Lipinski definition) is 1. The molecule has 1 aromatic carbocycles. The van der Waals surface area contributed by atoms with Crippen molar-refractivity contribution in [3.05, 3.63) is 35.9 Å². The van der Waals surface area contributed by atoms with Gasteiger partial charge in [-0.3, -0.25) is 0 Å². The minimum absolute atomic E-state index is 0.649. The van der Waals surface area contributed by atoms with Crippen LogP contribution in [-0.2, 0) is 0 Å². The number of hydrogen-bond acceptors (Lipinski definition) is 2. The molecule has 0 spiro atoms. The van der Waals surface area contributed by atoms with Crippen LogP contribution in [0.2, 0.25) is 0 Å². The summed E-state index contributed by atoms with van der Waals surface area (Å²) in [7, 11) is 2.22. The maximum atomic E-state index is 3.51. The third-order valence-corrected chi connectivity index (χ3v) is 3.52. The van der Waals surface area contributed by atoms with Crippen LogP contribution in [0.3, 0.4) is 0 Å². The van der Waals surface area contributed by atoms with E-state index in [4.69, 9.17) is 0 Å². The van der Waals surface area contributed by atoms with Gasteiger partial charge in [-0.1, -0.05) is 51.1 Å². The first-order valence-electron chi connectivity index (χ1n) is 7.57. The van der Waals surface area contributed by atoms with Crippen molar-refractivity contribution in [2.45, 2.75) is 33.1 Å². The summed E-state index contributed by atoms with van der Waals surface area (Å²) in [6.07, 6.45) is 1.20. The fourth-order valence-electron chi connectivity index (χ4n) is 2.32. The lowest BCUT2D eigenvalue weighted by atomic mass is 9.96. The zero-order chi connectivity index (χ0) is 14.1. The quantitative estimate of drug-likeness (QED) is 0.687. The summed E-state index contributed by atoms with van der Waals surface area (Å²) < 4.78 is 0. The molecule has 0 saturated heterocycles. The normalized spacial score (nSPS) is 13.2. The molecule has 0 aliphatic heterocycles. The number of likely N-dealkylation sites (N-methyl/N-ethyl adjacent to an activating group) is 1. The third-order valence-electron chi connectivity index (χ3n) is 3.52. The van der Waals surface area contributed by atoms with Gasteiger partial charge in [-0.25, -0.2) is 0 Å². The van der Waals surface area contributed by atoms with E-state index in [1.807, 2.05) is 0 Å². The number of nitrogens with one attached hydrogen (secondary N) is 1. The van der Waals surface area contributed by atoms with Crippen LogP contribution >= 0.6 is 0 Å². The van der Waals surface area contributed by atoms with Gasteiger partial charge in [-0.05, 0) is 37.4 Å². The highest BCUT2D eigenvalue weighted by Crippen LogP contribution is 2.19. The van der Waals surface area contributed by atoms with E-state index in [0.717, 1.165) is 32.1 Å². The molecule has 1 aromatic rings. The van der Waals surface area contributed by atoms with E-state index < -0.39 is 0 Å². The molecular weight excluding hydrogens is 232 g/mol. The van der Waals surface area contributed by atoms with E-state index >= 15 is 0 Å².